The summed E-state index contributed by atoms with van der Waals surface area (Å²) < 4.78 is 93.6. The van der Waals surface area contributed by atoms with Crippen molar-refractivity contribution in [2.75, 3.05) is 6.26 Å². The fourth-order valence-electron chi connectivity index (χ4n) is 2.44. The van der Waals surface area contributed by atoms with Crippen LogP contribution in [-0.2, 0) is 9.84 Å². The summed E-state index contributed by atoms with van der Waals surface area (Å²) >= 11 is 0. The summed E-state index contributed by atoms with van der Waals surface area (Å²) in [6.45, 7) is 0. The van der Waals surface area contributed by atoms with Crippen LogP contribution < -0.4 is 0 Å². The van der Waals surface area contributed by atoms with Crippen molar-refractivity contribution in [1.82, 2.24) is 5.16 Å². The number of hydrogen-bond acceptors (Lipinski definition) is 5. The molecule has 0 unspecified atom stereocenters. The van der Waals surface area contributed by atoms with E-state index in [4.69, 9.17) is 4.52 Å². The summed E-state index contributed by atoms with van der Waals surface area (Å²) in [7, 11) is -14.5. The van der Waals surface area contributed by atoms with E-state index in [0.717, 1.165) is 19.0 Å². The van der Waals surface area contributed by atoms with Gasteiger partial charge >= 0.3 is 10.2 Å². The lowest BCUT2D eigenvalue weighted by molar-refractivity contribution is 0.103. The van der Waals surface area contributed by atoms with Crippen LogP contribution in [0.5, 0.6) is 0 Å². The molecule has 1 aliphatic rings. The van der Waals surface area contributed by atoms with Gasteiger partial charge in [0.05, 0.1) is 16.7 Å². The molecular weight excluding hydrogens is 405 g/mol. The van der Waals surface area contributed by atoms with Crippen molar-refractivity contribution in [3.05, 3.63) is 41.3 Å². The van der Waals surface area contributed by atoms with Gasteiger partial charge in [0.25, 0.3) is 0 Å². The molecule has 1 aromatic heterocycles. The van der Waals surface area contributed by atoms with Crippen molar-refractivity contribution in [2.24, 2.45) is 0 Å². The monoisotopic (exact) mass is 417 g/mol. The Morgan fingerprint density at radius 3 is 2.27 bits per heavy atom. The molecule has 0 radical (unpaired) electrons. The van der Waals surface area contributed by atoms with E-state index in [1.54, 1.807) is 0 Å². The maximum atomic E-state index is 13.0. The number of halogens is 5. The summed E-state index contributed by atoms with van der Waals surface area (Å²) in [4.78, 5) is 9.12. The minimum atomic E-state index is -10.1. The number of sulfone groups is 1. The first-order valence-corrected chi connectivity index (χ1v) is 11.0. The molecule has 26 heavy (non-hydrogen) atoms. The van der Waals surface area contributed by atoms with Crippen LogP contribution in [0.1, 0.15) is 40.4 Å². The number of nitrogens with zero attached hydrogens (tertiary/aromatic N) is 1. The van der Waals surface area contributed by atoms with Gasteiger partial charge in [-0.05, 0) is 31.0 Å². The second-order valence-electron chi connectivity index (χ2n) is 6.11. The predicted molar refractivity (Wildman–Crippen MR) is 82.9 cm³/mol. The average molecular weight is 417 g/mol. The lowest BCUT2D eigenvalue weighted by atomic mass is 10.0. The van der Waals surface area contributed by atoms with Crippen molar-refractivity contribution in [1.29, 1.82) is 0 Å². The number of benzene rings is 1. The zero-order chi connectivity index (χ0) is 19.6. The normalized spacial score (nSPS) is 18.2. The lowest BCUT2D eigenvalue weighted by Crippen LogP contribution is -2.13. The first-order valence-electron chi connectivity index (χ1n) is 7.15. The van der Waals surface area contributed by atoms with Gasteiger partial charge in [0.1, 0.15) is 4.90 Å². The Balaban J connectivity index is 2.19. The zero-order valence-corrected chi connectivity index (χ0v) is 14.7. The smallest absolute Gasteiger partial charge is 0.310 e. The number of rotatable bonds is 5. The van der Waals surface area contributed by atoms with Crippen LogP contribution in [0.4, 0.5) is 19.4 Å². The Bertz CT molecular complexity index is 1020. The van der Waals surface area contributed by atoms with Crippen LogP contribution in [0.25, 0.3) is 0 Å². The molecule has 0 bridgehead atoms. The van der Waals surface area contributed by atoms with E-state index in [2.05, 4.69) is 5.16 Å². The molecule has 1 aliphatic carbocycles. The first kappa shape index (κ1) is 18.8. The van der Waals surface area contributed by atoms with E-state index in [1.165, 1.54) is 0 Å². The van der Waals surface area contributed by atoms with Crippen LogP contribution >= 0.6 is 10.2 Å². The van der Waals surface area contributed by atoms with Crippen molar-refractivity contribution < 1.29 is 37.2 Å². The van der Waals surface area contributed by atoms with Crippen molar-refractivity contribution >= 4 is 25.8 Å². The Morgan fingerprint density at radius 1 is 1.15 bits per heavy atom. The van der Waals surface area contributed by atoms with E-state index >= 15 is 0 Å². The lowest BCUT2D eigenvalue weighted by Gasteiger charge is -2.40. The van der Waals surface area contributed by atoms with E-state index in [-0.39, 0.29) is 29.4 Å². The van der Waals surface area contributed by atoms with E-state index in [1.807, 2.05) is 0 Å². The van der Waals surface area contributed by atoms with Crippen LogP contribution in [-0.4, -0.2) is 25.6 Å². The Hall–Kier alpha value is -1.95. The highest BCUT2D eigenvalue weighted by Gasteiger charge is 2.65. The number of ketones is 1. The molecule has 5 nitrogen and oxygen atoms in total. The van der Waals surface area contributed by atoms with Gasteiger partial charge in [0.15, 0.2) is 21.4 Å². The van der Waals surface area contributed by atoms with Crippen LogP contribution in [0.3, 0.4) is 0 Å². The molecule has 3 rings (SSSR count). The van der Waals surface area contributed by atoms with Gasteiger partial charge in [-0.3, -0.25) is 4.79 Å². The fourth-order valence-corrected chi connectivity index (χ4v) is 4.08. The predicted octanol–water partition coefficient (Wildman–Crippen LogP) is 4.84. The standard InChI is InChI=1S/C14H12F5NO4S2/c1-25(22,23)12-6-9(26(15,16,17,18)19)4-5-10(12)13(21)11-7-20-24-14(11)8-2-3-8/h4-8H,2-3H2,1H3. The van der Waals surface area contributed by atoms with Crippen LogP contribution in [0.15, 0.2) is 38.7 Å². The van der Waals surface area contributed by atoms with Gasteiger partial charge in [-0.15, -0.1) is 0 Å². The maximum Gasteiger partial charge on any atom is 0.310 e. The number of hydrogen-bond donors (Lipinski definition) is 0. The molecule has 12 heteroatoms. The van der Waals surface area contributed by atoms with Gasteiger partial charge in [-0.25, -0.2) is 8.42 Å². The number of aromatic nitrogens is 1. The Kier molecular flexibility index (Phi) is 3.52. The van der Waals surface area contributed by atoms with Crippen LogP contribution in [0, 0.1) is 0 Å². The molecule has 0 atom stereocenters. The third-order valence-electron chi connectivity index (χ3n) is 3.83. The minimum absolute atomic E-state index is 0.00772. The quantitative estimate of drug-likeness (QED) is 0.514. The molecule has 0 spiro atoms. The van der Waals surface area contributed by atoms with Gasteiger partial charge in [0, 0.05) is 17.7 Å². The second-order valence-corrected chi connectivity index (χ2v) is 10.5. The van der Waals surface area contributed by atoms with Gasteiger partial charge in [0.2, 0.25) is 0 Å². The summed E-state index contributed by atoms with van der Waals surface area (Å²) in [5.74, 6) is -0.837. The fraction of sp³-hybridized carbons (Fsp3) is 0.286. The molecular formula is C14H12F5NO4S2. The first-order chi connectivity index (χ1) is 11.6. The molecule has 0 saturated heterocycles. The highest BCUT2D eigenvalue weighted by molar-refractivity contribution is 8.45. The highest BCUT2D eigenvalue weighted by Crippen LogP contribution is 3.02. The SMILES string of the molecule is CS(=O)(=O)c1cc(S(F)(F)(F)(F)F)ccc1C(=O)c1cnoc1C1CC1. The van der Waals surface area contributed by atoms with Crippen LogP contribution in [0.2, 0.25) is 0 Å². The van der Waals surface area contributed by atoms with Gasteiger partial charge in [-0.2, -0.15) is 0 Å². The zero-order valence-electron chi connectivity index (χ0n) is 13.1. The van der Waals surface area contributed by atoms with Crippen molar-refractivity contribution in [3.8, 4) is 0 Å². The molecule has 1 heterocycles. The molecule has 0 aliphatic heterocycles. The molecule has 1 saturated carbocycles. The number of carbonyl (C=O) groups excluding carboxylic acids is 1. The topological polar surface area (TPSA) is 77.2 Å². The van der Waals surface area contributed by atoms with Crippen molar-refractivity contribution in [2.45, 2.75) is 28.6 Å². The van der Waals surface area contributed by atoms with Gasteiger partial charge < -0.3 is 4.52 Å². The van der Waals surface area contributed by atoms with E-state index in [9.17, 15) is 32.6 Å². The van der Waals surface area contributed by atoms with E-state index in [0.29, 0.717) is 12.3 Å². The summed E-state index contributed by atoms with van der Waals surface area (Å²) in [6.07, 6.45) is 3.00. The summed E-state index contributed by atoms with van der Waals surface area (Å²) in [6, 6.07) is 0.248. The molecule has 2 aromatic rings. The molecule has 0 amide bonds. The third kappa shape index (κ3) is 3.61. The maximum absolute atomic E-state index is 13.0. The number of carbonyl (C=O) groups is 1. The Labute approximate surface area is 144 Å². The van der Waals surface area contributed by atoms with E-state index < -0.39 is 41.2 Å². The van der Waals surface area contributed by atoms with Gasteiger partial charge in [-0.1, -0.05) is 24.6 Å². The second kappa shape index (κ2) is 4.85. The molecule has 0 N–H and O–H groups in total. The molecule has 1 fully saturated rings. The summed E-state index contributed by atoms with van der Waals surface area (Å²) in [5, 5.41) is 3.46. The summed E-state index contributed by atoms with van der Waals surface area (Å²) in [5.41, 5.74) is -0.749. The third-order valence-corrected chi connectivity index (χ3v) is 6.12. The Morgan fingerprint density at radius 2 is 1.77 bits per heavy atom. The highest BCUT2D eigenvalue weighted by atomic mass is 32.5. The molecule has 144 valence electrons. The van der Waals surface area contributed by atoms with Crippen molar-refractivity contribution in [3.63, 3.8) is 0 Å². The minimum Gasteiger partial charge on any atom is -0.360 e. The largest absolute Gasteiger partial charge is 0.360 e. The molecule has 1 aromatic carbocycles. The average Bonchev–Trinajstić information content (AvgIpc) is 3.20.